The maximum absolute atomic E-state index is 5.86. The molecule has 0 spiro atoms. The van der Waals surface area contributed by atoms with Crippen LogP contribution in [0.4, 0.5) is 0 Å². The third-order valence-corrected chi connectivity index (χ3v) is 2.48. The molecule has 2 nitrogen and oxygen atoms in total. The Morgan fingerprint density at radius 2 is 2.20 bits per heavy atom. The van der Waals surface area contributed by atoms with E-state index in [9.17, 15) is 0 Å². The van der Waals surface area contributed by atoms with E-state index in [1.165, 1.54) is 0 Å². The summed E-state index contributed by atoms with van der Waals surface area (Å²) in [6.45, 7) is 7.81. The largest absolute Gasteiger partial charge is 0.497 e. The number of pyridine rings is 1. The van der Waals surface area contributed by atoms with Crippen LogP contribution in [0, 0.1) is 0 Å². The minimum atomic E-state index is 0.471. The minimum absolute atomic E-state index is 0.471. The highest BCUT2D eigenvalue weighted by atomic mass is 35.5. The second kappa shape index (κ2) is 4.99. The number of hydrogen-bond acceptors (Lipinski definition) is 2. The van der Waals surface area contributed by atoms with Crippen molar-refractivity contribution in [2.45, 2.75) is 13.8 Å². The minimum Gasteiger partial charge on any atom is -0.497 e. The molecule has 3 heteroatoms. The van der Waals surface area contributed by atoms with Gasteiger partial charge in [-0.05, 0) is 31.1 Å². The van der Waals surface area contributed by atoms with Crippen molar-refractivity contribution < 1.29 is 4.74 Å². The van der Waals surface area contributed by atoms with Crippen LogP contribution >= 0.6 is 11.6 Å². The second-order valence-corrected chi connectivity index (χ2v) is 3.54. The average molecular weight is 224 g/mol. The van der Waals surface area contributed by atoms with Gasteiger partial charge < -0.3 is 4.74 Å². The van der Waals surface area contributed by atoms with E-state index in [-0.39, 0.29) is 0 Å². The van der Waals surface area contributed by atoms with Gasteiger partial charge in [0.1, 0.15) is 10.9 Å². The van der Waals surface area contributed by atoms with Crippen molar-refractivity contribution in [1.29, 1.82) is 0 Å². The fourth-order valence-corrected chi connectivity index (χ4v) is 1.40. The quantitative estimate of drug-likeness (QED) is 0.575. The molecule has 15 heavy (non-hydrogen) atoms. The molecular weight excluding hydrogens is 210 g/mol. The van der Waals surface area contributed by atoms with Gasteiger partial charge in [0.15, 0.2) is 0 Å². The number of methoxy groups -OCH3 is 1. The molecule has 0 aliphatic rings. The first-order valence-corrected chi connectivity index (χ1v) is 5.00. The van der Waals surface area contributed by atoms with Crippen LogP contribution in [0.15, 0.2) is 24.9 Å². The monoisotopic (exact) mass is 223 g/mol. The molecule has 0 aliphatic heterocycles. The summed E-state index contributed by atoms with van der Waals surface area (Å²) in [6, 6.07) is 1.82. The molecule has 0 fully saturated rings. The van der Waals surface area contributed by atoms with Crippen LogP contribution in [-0.4, -0.2) is 12.1 Å². The summed E-state index contributed by atoms with van der Waals surface area (Å²) < 4.78 is 5.11. The van der Waals surface area contributed by atoms with Crippen molar-refractivity contribution in [3.63, 3.8) is 0 Å². The van der Waals surface area contributed by atoms with E-state index in [0.717, 1.165) is 16.7 Å². The van der Waals surface area contributed by atoms with Gasteiger partial charge in [-0.15, -0.1) is 0 Å². The number of allylic oxidation sites excluding steroid dienone is 2. The van der Waals surface area contributed by atoms with Crippen LogP contribution in [0.5, 0.6) is 0 Å². The first kappa shape index (κ1) is 11.8. The molecule has 0 aromatic carbocycles. The summed E-state index contributed by atoms with van der Waals surface area (Å²) >= 11 is 5.86. The molecule has 80 valence electrons. The summed E-state index contributed by atoms with van der Waals surface area (Å²) in [6.07, 6.45) is 3.69. The Labute approximate surface area is 95.2 Å². The molecular formula is C12H14ClNO. The number of ether oxygens (including phenoxy) is 1. The molecule has 1 aromatic rings. The third kappa shape index (κ3) is 2.60. The van der Waals surface area contributed by atoms with Gasteiger partial charge in [0, 0.05) is 11.8 Å². The first-order valence-electron chi connectivity index (χ1n) is 4.62. The van der Waals surface area contributed by atoms with Crippen LogP contribution in [-0.2, 0) is 4.74 Å². The Morgan fingerprint density at radius 1 is 1.53 bits per heavy atom. The van der Waals surface area contributed by atoms with Crippen LogP contribution in [0.25, 0.3) is 11.3 Å². The lowest BCUT2D eigenvalue weighted by atomic mass is 10.0. The van der Waals surface area contributed by atoms with E-state index in [4.69, 9.17) is 16.3 Å². The average Bonchev–Trinajstić information content (AvgIpc) is 2.26. The topological polar surface area (TPSA) is 22.1 Å². The maximum atomic E-state index is 5.86. The molecule has 0 saturated heterocycles. The lowest BCUT2D eigenvalue weighted by Gasteiger charge is -2.11. The van der Waals surface area contributed by atoms with Gasteiger partial charge in [-0.25, -0.2) is 4.98 Å². The Balaban J connectivity index is 3.33. The molecule has 0 saturated carbocycles. The van der Waals surface area contributed by atoms with E-state index < -0.39 is 0 Å². The molecule has 0 bridgehead atoms. The van der Waals surface area contributed by atoms with Crippen molar-refractivity contribution in [3.05, 3.63) is 41.2 Å². The third-order valence-electron chi connectivity index (χ3n) is 2.28. The number of hydrogen-bond donors (Lipinski definition) is 0. The molecule has 0 radical (unpaired) electrons. The lowest BCUT2D eigenvalue weighted by Crippen LogP contribution is -1.94. The van der Waals surface area contributed by atoms with E-state index >= 15 is 0 Å². The van der Waals surface area contributed by atoms with Gasteiger partial charge in [-0.1, -0.05) is 24.3 Å². The Morgan fingerprint density at radius 3 is 2.73 bits per heavy atom. The van der Waals surface area contributed by atoms with Gasteiger partial charge in [0.05, 0.1) is 7.11 Å². The smallest absolute Gasteiger partial charge is 0.129 e. The van der Waals surface area contributed by atoms with Gasteiger partial charge in [-0.3, -0.25) is 0 Å². The van der Waals surface area contributed by atoms with Crippen molar-refractivity contribution in [1.82, 2.24) is 4.98 Å². The summed E-state index contributed by atoms with van der Waals surface area (Å²) in [5, 5.41) is 0.471. The van der Waals surface area contributed by atoms with E-state index in [0.29, 0.717) is 10.9 Å². The number of halogens is 1. The van der Waals surface area contributed by atoms with Crippen LogP contribution in [0.2, 0.25) is 5.15 Å². The SMILES string of the molecule is C=C(OC)c1cnc(Cl)cc1/C(C)=C\C. The molecule has 1 heterocycles. The van der Waals surface area contributed by atoms with Crippen molar-refractivity contribution in [2.24, 2.45) is 0 Å². The maximum Gasteiger partial charge on any atom is 0.129 e. The van der Waals surface area contributed by atoms with Gasteiger partial charge in [0.25, 0.3) is 0 Å². The Hall–Kier alpha value is -1.28. The summed E-state index contributed by atoms with van der Waals surface area (Å²) in [5.41, 5.74) is 2.99. The molecule has 0 N–H and O–H groups in total. The summed E-state index contributed by atoms with van der Waals surface area (Å²) in [7, 11) is 1.59. The van der Waals surface area contributed by atoms with Crippen LogP contribution < -0.4 is 0 Å². The second-order valence-electron chi connectivity index (χ2n) is 3.15. The van der Waals surface area contributed by atoms with E-state index in [1.54, 1.807) is 13.3 Å². The fourth-order valence-electron chi connectivity index (χ4n) is 1.24. The van der Waals surface area contributed by atoms with Crippen molar-refractivity contribution in [3.8, 4) is 0 Å². The lowest BCUT2D eigenvalue weighted by molar-refractivity contribution is 0.371. The van der Waals surface area contributed by atoms with Crippen molar-refractivity contribution in [2.75, 3.05) is 7.11 Å². The van der Waals surface area contributed by atoms with Gasteiger partial charge >= 0.3 is 0 Å². The van der Waals surface area contributed by atoms with Crippen LogP contribution in [0.1, 0.15) is 25.0 Å². The predicted molar refractivity (Wildman–Crippen MR) is 64.6 cm³/mol. The molecule has 0 unspecified atom stereocenters. The highest BCUT2D eigenvalue weighted by Gasteiger charge is 2.09. The first-order chi connectivity index (χ1) is 7.10. The zero-order valence-electron chi connectivity index (χ0n) is 9.17. The molecule has 0 amide bonds. The fraction of sp³-hybridized carbons (Fsp3) is 0.250. The standard InChI is InChI=1S/C12H14ClNO/c1-5-8(2)10-6-12(13)14-7-11(10)9(3)15-4/h5-7H,3H2,1-2,4H3/b8-5-. The normalized spacial score (nSPS) is 11.3. The van der Waals surface area contributed by atoms with Gasteiger partial charge in [0.2, 0.25) is 0 Å². The molecule has 0 atom stereocenters. The summed E-state index contributed by atoms with van der Waals surface area (Å²) in [5.74, 6) is 0.593. The number of aromatic nitrogens is 1. The van der Waals surface area contributed by atoms with E-state index in [2.05, 4.69) is 11.6 Å². The molecule has 0 aliphatic carbocycles. The number of rotatable bonds is 3. The molecule has 1 rings (SSSR count). The van der Waals surface area contributed by atoms with Gasteiger partial charge in [-0.2, -0.15) is 0 Å². The molecule has 1 aromatic heterocycles. The van der Waals surface area contributed by atoms with Crippen molar-refractivity contribution >= 4 is 22.9 Å². The van der Waals surface area contributed by atoms with E-state index in [1.807, 2.05) is 26.0 Å². The van der Waals surface area contributed by atoms with Crippen LogP contribution in [0.3, 0.4) is 0 Å². The number of nitrogens with zero attached hydrogens (tertiary/aromatic N) is 1. The highest BCUT2D eigenvalue weighted by molar-refractivity contribution is 6.29. The Bertz CT molecular complexity index is 410. The predicted octanol–water partition coefficient (Wildman–Crippen LogP) is 3.78. The zero-order chi connectivity index (χ0) is 11.4. The highest BCUT2D eigenvalue weighted by Crippen LogP contribution is 2.26. The summed E-state index contributed by atoms with van der Waals surface area (Å²) in [4.78, 5) is 4.02. The zero-order valence-corrected chi connectivity index (χ0v) is 9.93. The Kier molecular flexibility index (Phi) is 3.92.